The minimum absolute atomic E-state index is 0.0110. The number of ether oxygens (including phenoxy) is 3. The van der Waals surface area contributed by atoms with Gasteiger partial charge in [-0.3, -0.25) is 9.78 Å². The van der Waals surface area contributed by atoms with Gasteiger partial charge in [-0.05, 0) is 101 Å². The van der Waals surface area contributed by atoms with E-state index in [9.17, 15) is 14.0 Å². The highest BCUT2D eigenvalue weighted by atomic mass is 19.1. The van der Waals surface area contributed by atoms with Gasteiger partial charge in [0.15, 0.2) is 0 Å². The molecule has 1 amide bonds. The summed E-state index contributed by atoms with van der Waals surface area (Å²) >= 11 is 0. The highest BCUT2D eigenvalue weighted by Gasteiger charge is 2.24. The first-order valence-corrected chi connectivity index (χ1v) is 16.0. The first-order chi connectivity index (χ1) is 22.7. The molecule has 4 rings (SSSR count). The predicted octanol–water partition coefficient (Wildman–Crippen LogP) is 8.67. The van der Waals surface area contributed by atoms with E-state index in [0.717, 1.165) is 23.1 Å². The van der Waals surface area contributed by atoms with E-state index >= 15 is 4.39 Å². The molecule has 0 saturated carbocycles. The number of amides is 1. The maximum absolute atomic E-state index is 16.2. The molecule has 0 aliphatic carbocycles. The molecule has 48 heavy (non-hydrogen) atoms. The molecule has 0 saturated heterocycles. The molecule has 7 nitrogen and oxygen atoms in total. The van der Waals surface area contributed by atoms with Gasteiger partial charge < -0.3 is 19.5 Å². The Bertz CT molecular complexity index is 1700. The van der Waals surface area contributed by atoms with E-state index in [1.807, 2.05) is 69.3 Å². The van der Waals surface area contributed by atoms with Crippen LogP contribution in [0.1, 0.15) is 75.4 Å². The zero-order valence-electron chi connectivity index (χ0n) is 28.4. The molecule has 0 spiro atoms. The summed E-state index contributed by atoms with van der Waals surface area (Å²) in [5.41, 5.74) is 2.97. The van der Waals surface area contributed by atoms with Gasteiger partial charge in [-0.1, -0.05) is 48.5 Å². The maximum Gasteiger partial charge on any atom is 0.408 e. The maximum atomic E-state index is 16.2. The van der Waals surface area contributed by atoms with Crippen molar-refractivity contribution in [2.24, 2.45) is 0 Å². The highest BCUT2D eigenvalue weighted by Crippen LogP contribution is 2.31. The van der Waals surface area contributed by atoms with Crippen molar-refractivity contribution in [3.8, 4) is 16.9 Å². The number of nitrogens with zero attached hydrogens (tertiary/aromatic N) is 1. The summed E-state index contributed by atoms with van der Waals surface area (Å²) in [6.07, 6.45) is 4.10. The second-order valence-electron chi connectivity index (χ2n) is 13.6. The summed E-state index contributed by atoms with van der Waals surface area (Å²) in [7, 11) is 0. The first-order valence-electron chi connectivity index (χ1n) is 16.0. The minimum Gasteiger partial charge on any atom is -0.489 e. The van der Waals surface area contributed by atoms with Crippen LogP contribution in [0.5, 0.6) is 5.75 Å². The Kier molecular flexibility index (Phi) is 11.9. The number of aryl methyl sites for hydroxylation is 2. The largest absolute Gasteiger partial charge is 0.489 e. The SMILES string of the molecule is CC(C)(C)OC(=O)Cc1ccccc1OCc1cc(CCc2ccncc2)cc(-c2cccc(C(CF)NC(=O)OC(C)(C)C)c2F)c1. The van der Waals surface area contributed by atoms with Gasteiger partial charge in [-0.15, -0.1) is 0 Å². The zero-order valence-corrected chi connectivity index (χ0v) is 28.4. The van der Waals surface area contributed by atoms with Crippen molar-refractivity contribution >= 4 is 12.1 Å². The molecular weight excluding hydrogens is 614 g/mol. The van der Waals surface area contributed by atoms with Crippen molar-refractivity contribution in [1.82, 2.24) is 10.3 Å². The van der Waals surface area contributed by atoms with E-state index in [-0.39, 0.29) is 30.1 Å². The molecule has 9 heteroatoms. The number of rotatable bonds is 12. The van der Waals surface area contributed by atoms with Crippen LogP contribution in [-0.4, -0.2) is 34.9 Å². The van der Waals surface area contributed by atoms with Gasteiger partial charge >= 0.3 is 12.1 Å². The van der Waals surface area contributed by atoms with E-state index in [1.165, 1.54) is 6.07 Å². The number of aromatic nitrogens is 1. The van der Waals surface area contributed by atoms with E-state index in [1.54, 1.807) is 51.4 Å². The lowest BCUT2D eigenvalue weighted by Crippen LogP contribution is -2.36. The van der Waals surface area contributed by atoms with E-state index in [4.69, 9.17) is 14.2 Å². The summed E-state index contributed by atoms with van der Waals surface area (Å²) in [6, 6.07) is 20.4. The topological polar surface area (TPSA) is 86.8 Å². The number of alkyl halides is 1. The van der Waals surface area contributed by atoms with Crippen molar-refractivity contribution in [1.29, 1.82) is 0 Å². The smallest absolute Gasteiger partial charge is 0.408 e. The fraction of sp³-hybridized carbons (Fsp3) is 0.359. The first kappa shape index (κ1) is 36.1. The van der Waals surface area contributed by atoms with Gasteiger partial charge in [0.05, 0.1) is 12.5 Å². The Labute approximate surface area is 281 Å². The van der Waals surface area contributed by atoms with Crippen LogP contribution in [-0.2, 0) is 40.1 Å². The quantitative estimate of drug-likeness (QED) is 0.153. The molecule has 1 atom stereocenters. The van der Waals surface area contributed by atoms with Crippen molar-refractivity contribution in [3.63, 3.8) is 0 Å². The molecule has 1 unspecified atom stereocenters. The standard InChI is InChI=1S/C39H44F2N2O5/c1-38(2,3)47-35(44)23-29-10-7-8-13-34(29)46-25-28-20-27(15-14-26-16-18-42-19-17-26)21-30(22-28)31-11-9-12-32(36(31)41)33(24-40)43-37(45)48-39(4,5)6/h7-13,16-22,33H,14-15,23-25H2,1-6H3,(H,43,45). The number of carbonyl (C=O) groups excluding carboxylic acids is 2. The van der Waals surface area contributed by atoms with Crippen molar-refractivity contribution < 1.29 is 32.6 Å². The molecule has 254 valence electrons. The summed E-state index contributed by atoms with van der Waals surface area (Å²) in [4.78, 5) is 29.1. The minimum atomic E-state index is -1.24. The number of esters is 1. The summed E-state index contributed by atoms with van der Waals surface area (Å²) in [5, 5.41) is 2.46. The zero-order chi connectivity index (χ0) is 34.9. The fourth-order valence-corrected chi connectivity index (χ4v) is 5.16. The Morgan fingerprint density at radius 2 is 1.48 bits per heavy atom. The number of hydrogen-bond acceptors (Lipinski definition) is 6. The fourth-order valence-electron chi connectivity index (χ4n) is 5.16. The van der Waals surface area contributed by atoms with Gasteiger partial charge in [-0.2, -0.15) is 0 Å². The monoisotopic (exact) mass is 658 g/mol. The molecule has 0 bridgehead atoms. The van der Waals surface area contributed by atoms with E-state index < -0.39 is 35.8 Å². The van der Waals surface area contributed by atoms with Crippen LogP contribution in [0, 0.1) is 5.82 Å². The summed E-state index contributed by atoms with van der Waals surface area (Å²) < 4.78 is 47.4. The van der Waals surface area contributed by atoms with Crippen LogP contribution in [0.3, 0.4) is 0 Å². The van der Waals surface area contributed by atoms with Crippen LogP contribution in [0.4, 0.5) is 13.6 Å². The number of halogens is 2. The molecule has 0 radical (unpaired) electrons. The van der Waals surface area contributed by atoms with Crippen LogP contribution < -0.4 is 10.1 Å². The molecule has 1 heterocycles. The van der Waals surface area contributed by atoms with Gasteiger partial charge in [0, 0.05) is 29.1 Å². The predicted molar refractivity (Wildman–Crippen MR) is 182 cm³/mol. The van der Waals surface area contributed by atoms with Crippen molar-refractivity contribution in [3.05, 3.63) is 119 Å². The Hall–Kier alpha value is -4.79. The second-order valence-corrected chi connectivity index (χ2v) is 13.6. The van der Waals surface area contributed by atoms with Crippen LogP contribution >= 0.6 is 0 Å². The lowest BCUT2D eigenvalue weighted by molar-refractivity contribution is -0.153. The average Bonchev–Trinajstić information content (AvgIpc) is 3.01. The van der Waals surface area contributed by atoms with Crippen LogP contribution in [0.25, 0.3) is 11.1 Å². The van der Waals surface area contributed by atoms with Gasteiger partial charge in [-0.25, -0.2) is 13.6 Å². The third-order valence-electron chi connectivity index (χ3n) is 7.19. The molecule has 3 aromatic carbocycles. The summed E-state index contributed by atoms with van der Waals surface area (Å²) in [5.74, 6) is -0.460. The number of carbonyl (C=O) groups is 2. The highest BCUT2D eigenvalue weighted by molar-refractivity contribution is 5.74. The van der Waals surface area contributed by atoms with Crippen molar-refractivity contribution in [2.45, 2.75) is 84.7 Å². The number of benzene rings is 3. The van der Waals surface area contributed by atoms with E-state index in [2.05, 4.69) is 10.3 Å². The molecule has 1 N–H and O–H groups in total. The molecule has 0 fully saturated rings. The molecule has 4 aromatic rings. The Morgan fingerprint density at radius 3 is 2.17 bits per heavy atom. The van der Waals surface area contributed by atoms with Gasteiger partial charge in [0.1, 0.15) is 36.1 Å². The van der Waals surface area contributed by atoms with Gasteiger partial charge in [0.25, 0.3) is 0 Å². The number of pyridine rings is 1. The number of para-hydroxylation sites is 1. The normalized spacial score (nSPS) is 12.2. The molecule has 0 aliphatic rings. The Balaban J connectivity index is 1.64. The van der Waals surface area contributed by atoms with Crippen LogP contribution in [0.2, 0.25) is 0 Å². The lowest BCUT2D eigenvalue weighted by Gasteiger charge is -2.23. The third kappa shape index (κ3) is 10.9. The lowest BCUT2D eigenvalue weighted by atomic mass is 9.94. The van der Waals surface area contributed by atoms with E-state index in [0.29, 0.717) is 23.3 Å². The van der Waals surface area contributed by atoms with Crippen LogP contribution in [0.15, 0.2) is 85.2 Å². The van der Waals surface area contributed by atoms with Crippen molar-refractivity contribution in [2.75, 3.05) is 6.67 Å². The summed E-state index contributed by atoms with van der Waals surface area (Å²) in [6.45, 7) is 9.67. The number of alkyl carbamates (subject to hydrolysis) is 1. The number of nitrogens with one attached hydrogen (secondary N) is 1. The Morgan fingerprint density at radius 1 is 0.812 bits per heavy atom. The third-order valence-corrected chi connectivity index (χ3v) is 7.19. The number of hydrogen-bond donors (Lipinski definition) is 1. The second kappa shape index (κ2) is 15.9. The molecular formula is C39H44F2N2O5. The molecule has 1 aromatic heterocycles. The average molecular weight is 659 g/mol. The molecule has 0 aliphatic heterocycles. The van der Waals surface area contributed by atoms with Gasteiger partial charge in [0.2, 0.25) is 0 Å².